The van der Waals surface area contributed by atoms with E-state index in [-0.39, 0.29) is 25.0 Å². The van der Waals surface area contributed by atoms with E-state index in [1.165, 1.54) is 13.2 Å². The monoisotopic (exact) mass is 440 g/mol. The lowest BCUT2D eigenvalue weighted by Crippen LogP contribution is -2.29. The first-order chi connectivity index (χ1) is 15.3. The van der Waals surface area contributed by atoms with Crippen LogP contribution >= 0.6 is 0 Å². The van der Waals surface area contributed by atoms with Crippen molar-refractivity contribution in [2.24, 2.45) is 5.73 Å². The summed E-state index contributed by atoms with van der Waals surface area (Å²) < 4.78 is 15.8. The molecule has 0 aromatic heterocycles. The van der Waals surface area contributed by atoms with Crippen LogP contribution in [-0.2, 0) is 19.1 Å². The Bertz CT molecular complexity index is 956. The van der Waals surface area contributed by atoms with Gasteiger partial charge >= 0.3 is 5.97 Å². The predicted octanol–water partition coefficient (Wildman–Crippen LogP) is 2.77. The van der Waals surface area contributed by atoms with Gasteiger partial charge < -0.3 is 25.3 Å². The maximum Gasteiger partial charge on any atom is 0.308 e. The number of ether oxygens (including phenoxy) is 3. The van der Waals surface area contributed by atoms with E-state index >= 15 is 0 Å². The second-order valence-corrected chi connectivity index (χ2v) is 7.21. The maximum atomic E-state index is 12.5. The summed E-state index contributed by atoms with van der Waals surface area (Å²) in [4.78, 5) is 35.6. The highest BCUT2D eigenvalue weighted by atomic mass is 16.5. The van der Waals surface area contributed by atoms with E-state index in [4.69, 9.17) is 19.9 Å². The highest BCUT2D eigenvalue weighted by molar-refractivity contribution is 5.92. The van der Waals surface area contributed by atoms with Crippen LogP contribution in [0.4, 0.5) is 0 Å². The van der Waals surface area contributed by atoms with Gasteiger partial charge in [-0.3, -0.25) is 14.4 Å². The zero-order chi connectivity index (χ0) is 23.5. The minimum Gasteiger partial charge on any atom is -0.493 e. The number of benzene rings is 2. The highest BCUT2D eigenvalue weighted by Crippen LogP contribution is 2.28. The third-order valence-electron chi connectivity index (χ3n) is 4.24. The molecule has 0 spiro atoms. The quantitative estimate of drug-likeness (QED) is 0.410. The Morgan fingerprint density at radius 2 is 1.78 bits per heavy atom. The van der Waals surface area contributed by atoms with Gasteiger partial charge in [0.1, 0.15) is 0 Å². The highest BCUT2D eigenvalue weighted by Gasteiger charge is 2.19. The molecule has 2 rings (SSSR count). The van der Waals surface area contributed by atoms with Crippen LogP contribution in [0.5, 0.6) is 11.5 Å². The minimum atomic E-state index is -0.599. The molecule has 8 nitrogen and oxygen atoms in total. The predicted molar refractivity (Wildman–Crippen MR) is 120 cm³/mol. The van der Waals surface area contributed by atoms with Crippen molar-refractivity contribution in [1.82, 2.24) is 5.32 Å². The molecule has 1 atom stereocenters. The number of esters is 1. The van der Waals surface area contributed by atoms with E-state index in [2.05, 4.69) is 5.32 Å². The van der Waals surface area contributed by atoms with Crippen molar-refractivity contribution >= 4 is 23.9 Å². The Balaban J connectivity index is 2.09. The second-order valence-electron chi connectivity index (χ2n) is 7.21. The second kappa shape index (κ2) is 12.1. The largest absolute Gasteiger partial charge is 0.493 e. The standard InChI is InChI=1S/C24H28N2O6/c1-16(2)32-24(29)14-19(18-7-5-4-6-8-18)26-23(28)12-10-17-9-11-20(21(13-17)30-3)31-15-22(25)27/h4-13,16,19H,14-15H2,1-3H3,(H2,25,27)(H,26,28)/b12-10+. The maximum absolute atomic E-state index is 12.5. The van der Waals surface area contributed by atoms with Crippen LogP contribution in [-0.4, -0.2) is 37.6 Å². The summed E-state index contributed by atoms with van der Waals surface area (Å²) in [5.74, 6) is -0.607. The van der Waals surface area contributed by atoms with Crippen molar-refractivity contribution in [2.75, 3.05) is 13.7 Å². The van der Waals surface area contributed by atoms with Gasteiger partial charge in [0.15, 0.2) is 18.1 Å². The molecule has 2 aromatic carbocycles. The third-order valence-corrected chi connectivity index (χ3v) is 4.24. The number of carbonyl (C=O) groups excluding carboxylic acids is 3. The SMILES string of the molecule is COc1cc(/C=C/C(=O)NC(CC(=O)OC(C)C)c2ccccc2)ccc1OCC(N)=O. The van der Waals surface area contributed by atoms with Gasteiger partial charge in [0.25, 0.3) is 5.91 Å². The zero-order valence-corrected chi connectivity index (χ0v) is 18.4. The molecule has 0 aliphatic heterocycles. The summed E-state index contributed by atoms with van der Waals surface area (Å²) in [6.45, 7) is 3.28. The molecule has 1 unspecified atom stereocenters. The van der Waals surface area contributed by atoms with Crippen molar-refractivity contribution in [3.05, 3.63) is 65.7 Å². The molecule has 170 valence electrons. The molecule has 0 aliphatic rings. The van der Waals surface area contributed by atoms with E-state index in [1.54, 1.807) is 38.1 Å². The minimum absolute atomic E-state index is 0.0154. The van der Waals surface area contributed by atoms with Gasteiger partial charge in [-0.25, -0.2) is 0 Å². The number of nitrogens with two attached hydrogens (primary N) is 1. The van der Waals surface area contributed by atoms with E-state index in [0.29, 0.717) is 17.1 Å². The summed E-state index contributed by atoms with van der Waals surface area (Å²) in [5, 5.41) is 2.85. The Kier molecular flexibility index (Phi) is 9.28. The van der Waals surface area contributed by atoms with Gasteiger partial charge in [-0.15, -0.1) is 0 Å². The molecule has 0 bridgehead atoms. The van der Waals surface area contributed by atoms with Crippen LogP contribution in [0, 0.1) is 0 Å². The number of nitrogens with one attached hydrogen (secondary N) is 1. The molecule has 2 aromatic rings. The molecule has 8 heteroatoms. The summed E-state index contributed by atoms with van der Waals surface area (Å²) in [5.41, 5.74) is 6.57. The van der Waals surface area contributed by atoms with Gasteiger partial charge in [0.05, 0.1) is 25.7 Å². The van der Waals surface area contributed by atoms with Crippen molar-refractivity contribution in [3.63, 3.8) is 0 Å². The summed E-state index contributed by atoms with van der Waals surface area (Å²) in [7, 11) is 1.47. The first kappa shape index (κ1) is 24.5. The first-order valence-corrected chi connectivity index (χ1v) is 10.1. The third kappa shape index (κ3) is 8.14. The van der Waals surface area contributed by atoms with Crippen LogP contribution in [0.15, 0.2) is 54.6 Å². The van der Waals surface area contributed by atoms with Gasteiger partial charge in [0, 0.05) is 6.08 Å². The average molecular weight is 440 g/mol. The normalized spacial score (nSPS) is 11.8. The average Bonchev–Trinajstić information content (AvgIpc) is 2.76. The smallest absolute Gasteiger partial charge is 0.308 e. The van der Waals surface area contributed by atoms with Gasteiger partial charge in [-0.2, -0.15) is 0 Å². The fourth-order valence-electron chi connectivity index (χ4n) is 2.86. The van der Waals surface area contributed by atoms with Gasteiger partial charge in [-0.1, -0.05) is 36.4 Å². The fraction of sp³-hybridized carbons (Fsp3) is 0.292. The Morgan fingerprint density at radius 1 is 1.06 bits per heavy atom. The summed E-state index contributed by atoms with van der Waals surface area (Å²) in [6.07, 6.45) is 2.74. The van der Waals surface area contributed by atoms with Crippen LogP contribution < -0.4 is 20.5 Å². The number of amides is 2. The van der Waals surface area contributed by atoms with E-state index in [0.717, 1.165) is 5.56 Å². The fourth-order valence-corrected chi connectivity index (χ4v) is 2.86. The first-order valence-electron chi connectivity index (χ1n) is 10.1. The molecule has 2 amide bonds. The lowest BCUT2D eigenvalue weighted by molar-refractivity contribution is -0.148. The number of hydrogen-bond donors (Lipinski definition) is 2. The molecule has 3 N–H and O–H groups in total. The van der Waals surface area contributed by atoms with Gasteiger partial charge in [-0.05, 0) is 43.2 Å². The Morgan fingerprint density at radius 3 is 2.41 bits per heavy atom. The lowest BCUT2D eigenvalue weighted by Gasteiger charge is -2.18. The number of primary amides is 1. The van der Waals surface area contributed by atoms with Gasteiger partial charge in [0.2, 0.25) is 5.91 Å². The van der Waals surface area contributed by atoms with E-state index < -0.39 is 17.9 Å². The molecule has 0 fully saturated rings. The van der Waals surface area contributed by atoms with Crippen LogP contribution in [0.1, 0.15) is 37.4 Å². The van der Waals surface area contributed by atoms with E-state index in [1.807, 2.05) is 30.3 Å². The lowest BCUT2D eigenvalue weighted by atomic mass is 10.0. The van der Waals surface area contributed by atoms with Crippen molar-refractivity contribution in [3.8, 4) is 11.5 Å². The molecule has 0 heterocycles. The number of carbonyl (C=O) groups is 3. The molecule has 0 aliphatic carbocycles. The zero-order valence-electron chi connectivity index (χ0n) is 18.4. The number of hydrogen-bond acceptors (Lipinski definition) is 6. The molecular formula is C24H28N2O6. The number of rotatable bonds is 11. The van der Waals surface area contributed by atoms with Crippen LogP contribution in [0.2, 0.25) is 0 Å². The van der Waals surface area contributed by atoms with Crippen molar-refractivity contribution in [2.45, 2.75) is 32.4 Å². The summed E-state index contributed by atoms with van der Waals surface area (Å²) in [6, 6.07) is 13.7. The van der Waals surface area contributed by atoms with Crippen molar-refractivity contribution < 1.29 is 28.6 Å². The molecular weight excluding hydrogens is 412 g/mol. The van der Waals surface area contributed by atoms with Crippen LogP contribution in [0.25, 0.3) is 6.08 Å². The molecule has 0 saturated carbocycles. The van der Waals surface area contributed by atoms with Crippen LogP contribution in [0.3, 0.4) is 0 Å². The Hall–Kier alpha value is -3.81. The number of methoxy groups -OCH3 is 1. The molecule has 0 saturated heterocycles. The Labute approximate surface area is 187 Å². The van der Waals surface area contributed by atoms with E-state index in [9.17, 15) is 14.4 Å². The van der Waals surface area contributed by atoms with Crippen molar-refractivity contribution in [1.29, 1.82) is 0 Å². The molecule has 32 heavy (non-hydrogen) atoms. The molecule has 0 radical (unpaired) electrons. The topological polar surface area (TPSA) is 117 Å². The summed E-state index contributed by atoms with van der Waals surface area (Å²) >= 11 is 0.